The second kappa shape index (κ2) is 4.11. The molecule has 0 saturated carbocycles. The van der Waals surface area contributed by atoms with Crippen LogP contribution in [0.15, 0.2) is 18.2 Å². The van der Waals surface area contributed by atoms with E-state index in [1.165, 1.54) is 18.9 Å². The second-order valence-electron chi connectivity index (χ2n) is 3.67. The van der Waals surface area contributed by atoms with Crippen LogP contribution in [0.4, 0.5) is 5.69 Å². The Bertz CT molecular complexity index is 386. The Hall–Kier alpha value is -1.22. The number of aromatic carboxylic acids is 1. The summed E-state index contributed by atoms with van der Waals surface area (Å²) >= 11 is 6.05. The highest BCUT2D eigenvalue weighted by atomic mass is 35.5. The quantitative estimate of drug-likeness (QED) is 0.841. The van der Waals surface area contributed by atoms with Crippen LogP contribution in [0.3, 0.4) is 0 Å². The SMILES string of the molecule is O=C(O)c1ccc(N2CCCC2)c(Cl)c1. The summed E-state index contributed by atoms with van der Waals surface area (Å²) in [6.45, 7) is 2.01. The molecule has 0 spiro atoms. The van der Waals surface area contributed by atoms with E-state index in [0.29, 0.717) is 5.02 Å². The number of rotatable bonds is 2. The van der Waals surface area contributed by atoms with E-state index >= 15 is 0 Å². The lowest BCUT2D eigenvalue weighted by Gasteiger charge is -2.19. The van der Waals surface area contributed by atoms with E-state index in [-0.39, 0.29) is 5.56 Å². The summed E-state index contributed by atoms with van der Waals surface area (Å²) < 4.78 is 0. The van der Waals surface area contributed by atoms with Crippen molar-refractivity contribution < 1.29 is 9.90 Å². The maximum absolute atomic E-state index is 10.7. The number of nitrogens with zero attached hydrogens (tertiary/aromatic N) is 1. The lowest BCUT2D eigenvalue weighted by Crippen LogP contribution is -2.18. The van der Waals surface area contributed by atoms with E-state index in [9.17, 15) is 4.79 Å². The van der Waals surface area contributed by atoms with Crippen LogP contribution < -0.4 is 4.90 Å². The van der Waals surface area contributed by atoms with Crippen molar-refractivity contribution in [3.63, 3.8) is 0 Å². The highest BCUT2D eigenvalue weighted by Crippen LogP contribution is 2.29. The lowest BCUT2D eigenvalue weighted by atomic mass is 10.2. The van der Waals surface area contributed by atoms with Gasteiger partial charge in [-0.3, -0.25) is 0 Å². The van der Waals surface area contributed by atoms with Crippen LogP contribution in [0.25, 0.3) is 0 Å². The van der Waals surface area contributed by atoms with Gasteiger partial charge in [-0.1, -0.05) is 11.6 Å². The maximum atomic E-state index is 10.7. The molecular formula is C11H12ClNO2. The number of benzene rings is 1. The molecule has 0 radical (unpaired) electrons. The van der Waals surface area contributed by atoms with Crippen molar-refractivity contribution in [2.24, 2.45) is 0 Å². The van der Waals surface area contributed by atoms with Gasteiger partial charge < -0.3 is 10.0 Å². The Kier molecular flexibility index (Phi) is 2.82. The molecule has 0 aromatic heterocycles. The zero-order chi connectivity index (χ0) is 10.8. The molecule has 1 aliphatic rings. The van der Waals surface area contributed by atoms with Crippen LogP contribution in [-0.2, 0) is 0 Å². The molecule has 0 aliphatic carbocycles. The molecule has 1 heterocycles. The number of hydrogen-bond donors (Lipinski definition) is 1. The van der Waals surface area contributed by atoms with Crippen molar-refractivity contribution in [2.75, 3.05) is 18.0 Å². The van der Waals surface area contributed by atoms with Gasteiger partial charge in [-0.05, 0) is 31.0 Å². The summed E-state index contributed by atoms with van der Waals surface area (Å²) in [5.74, 6) is -0.940. The van der Waals surface area contributed by atoms with E-state index in [0.717, 1.165) is 18.8 Å². The van der Waals surface area contributed by atoms with Gasteiger partial charge in [-0.2, -0.15) is 0 Å². The normalized spacial score (nSPS) is 15.7. The van der Waals surface area contributed by atoms with Crippen LogP contribution in [-0.4, -0.2) is 24.2 Å². The smallest absolute Gasteiger partial charge is 0.335 e. The largest absolute Gasteiger partial charge is 0.478 e. The van der Waals surface area contributed by atoms with Crippen LogP contribution in [0.2, 0.25) is 5.02 Å². The van der Waals surface area contributed by atoms with Gasteiger partial charge in [-0.15, -0.1) is 0 Å². The highest BCUT2D eigenvalue weighted by Gasteiger charge is 2.16. The molecule has 1 fully saturated rings. The molecule has 0 bridgehead atoms. The minimum absolute atomic E-state index is 0.239. The first kappa shape index (κ1) is 10.3. The number of carboxylic acid groups (broad SMARTS) is 1. The molecule has 3 nitrogen and oxygen atoms in total. The standard InChI is InChI=1S/C11H12ClNO2/c12-9-7-8(11(14)15)3-4-10(9)13-5-1-2-6-13/h3-4,7H,1-2,5-6H2,(H,14,15). The third-order valence-corrected chi connectivity index (χ3v) is 2.94. The van der Waals surface area contributed by atoms with E-state index in [1.54, 1.807) is 12.1 Å². The molecule has 0 atom stereocenters. The van der Waals surface area contributed by atoms with E-state index < -0.39 is 5.97 Å². The third kappa shape index (κ3) is 2.07. The molecule has 0 amide bonds. The van der Waals surface area contributed by atoms with Gasteiger partial charge >= 0.3 is 5.97 Å². The van der Waals surface area contributed by atoms with Crippen LogP contribution in [0.1, 0.15) is 23.2 Å². The van der Waals surface area contributed by atoms with Crippen molar-refractivity contribution in [1.82, 2.24) is 0 Å². The van der Waals surface area contributed by atoms with E-state index in [1.807, 2.05) is 0 Å². The molecule has 1 aliphatic heterocycles. The molecule has 1 aromatic rings. The predicted molar refractivity (Wildman–Crippen MR) is 59.9 cm³/mol. The Morgan fingerprint density at radius 2 is 2.00 bits per heavy atom. The molecule has 1 aromatic carbocycles. The topological polar surface area (TPSA) is 40.5 Å². The zero-order valence-corrected chi connectivity index (χ0v) is 9.00. The summed E-state index contributed by atoms with van der Waals surface area (Å²) in [7, 11) is 0. The van der Waals surface area contributed by atoms with E-state index in [2.05, 4.69) is 4.90 Å². The molecular weight excluding hydrogens is 214 g/mol. The van der Waals surface area contributed by atoms with Gasteiger partial charge in [0.15, 0.2) is 0 Å². The number of carboxylic acids is 1. The van der Waals surface area contributed by atoms with Gasteiger partial charge in [0.1, 0.15) is 0 Å². The lowest BCUT2D eigenvalue weighted by molar-refractivity contribution is 0.0697. The van der Waals surface area contributed by atoms with Gasteiger partial charge in [0.05, 0.1) is 16.3 Å². The average Bonchev–Trinajstić information content (AvgIpc) is 2.70. The summed E-state index contributed by atoms with van der Waals surface area (Å²) in [5.41, 5.74) is 1.18. The molecule has 0 unspecified atom stereocenters. The highest BCUT2D eigenvalue weighted by molar-refractivity contribution is 6.33. The molecule has 2 rings (SSSR count). The van der Waals surface area contributed by atoms with Crippen molar-refractivity contribution >= 4 is 23.3 Å². The van der Waals surface area contributed by atoms with Crippen molar-refractivity contribution in [2.45, 2.75) is 12.8 Å². The van der Waals surface area contributed by atoms with Gasteiger partial charge in [0, 0.05) is 13.1 Å². The van der Waals surface area contributed by atoms with Gasteiger partial charge in [0.25, 0.3) is 0 Å². The van der Waals surface area contributed by atoms with Crippen LogP contribution in [0, 0.1) is 0 Å². The summed E-state index contributed by atoms with van der Waals surface area (Å²) in [6, 6.07) is 4.90. The summed E-state index contributed by atoms with van der Waals surface area (Å²) in [6.07, 6.45) is 2.36. The monoisotopic (exact) mass is 225 g/mol. The Balaban J connectivity index is 2.29. The minimum atomic E-state index is -0.940. The van der Waals surface area contributed by atoms with Crippen molar-refractivity contribution in [3.05, 3.63) is 28.8 Å². The van der Waals surface area contributed by atoms with Gasteiger partial charge in [0.2, 0.25) is 0 Å². The number of carbonyl (C=O) groups is 1. The van der Waals surface area contributed by atoms with Crippen molar-refractivity contribution in [1.29, 1.82) is 0 Å². The number of anilines is 1. The Morgan fingerprint density at radius 3 is 2.53 bits per heavy atom. The van der Waals surface area contributed by atoms with Crippen LogP contribution >= 0.6 is 11.6 Å². The van der Waals surface area contributed by atoms with E-state index in [4.69, 9.17) is 16.7 Å². The second-order valence-corrected chi connectivity index (χ2v) is 4.07. The van der Waals surface area contributed by atoms with Crippen molar-refractivity contribution in [3.8, 4) is 0 Å². The fraction of sp³-hybridized carbons (Fsp3) is 0.364. The average molecular weight is 226 g/mol. The zero-order valence-electron chi connectivity index (χ0n) is 8.24. The number of halogens is 1. The first-order valence-electron chi connectivity index (χ1n) is 4.96. The molecule has 4 heteroatoms. The van der Waals surface area contributed by atoms with Gasteiger partial charge in [-0.25, -0.2) is 4.79 Å². The minimum Gasteiger partial charge on any atom is -0.478 e. The first-order chi connectivity index (χ1) is 7.18. The van der Waals surface area contributed by atoms with Crippen LogP contribution in [0.5, 0.6) is 0 Å². The Morgan fingerprint density at radius 1 is 1.33 bits per heavy atom. The predicted octanol–water partition coefficient (Wildman–Crippen LogP) is 2.64. The molecule has 15 heavy (non-hydrogen) atoms. The molecule has 1 saturated heterocycles. The maximum Gasteiger partial charge on any atom is 0.335 e. The molecule has 1 N–H and O–H groups in total. The summed E-state index contributed by atoms with van der Waals surface area (Å²) in [4.78, 5) is 12.9. The third-order valence-electron chi connectivity index (χ3n) is 2.64. The summed E-state index contributed by atoms with van der Waals surface area (Å²) in [5, 5.41) is 9.32. The Labute approximate surface area is 93.3 Å². The number of hydrogen-bond acceptors (Lipinski definition) is 2. The fourth-order valence-corrected chi connectivity index (χ4v) is 2.15. The first-order valence-corrected chi connectivity index (χ1v) is 5.34. The molecule has 80 valence electrons. The fourth-order valence-electron chi connectivity index (χ4n) is 1.85.